The molecule has 3 heteroatoms. The Morgan fingerprint density at radius 2 is 2.43 bits per heavy atom. The summed E-state index contributed by atoms with van der Waals surface area (Å²) < 4.78 is 5.59. The quantitative estimate of drug-likeness (QED) is 0.703. The summed E-state index contributed by atoms with van der Waals surface area (Å²) in [6.45, 7) is 2.96. The predicted molar refractivity (Wildman–Crippen MR) is 58.0 cm³/mol. The Balaban J connectivity index is 1.96. The fraction of sp³-hybridized carbons (Fsp3) is 0.636. The first-order valence-electron chi connectivity index (χ1n) is 5.31. The summed E-state index contributed by atoms with van der Waals surface area (Å²) in [5, 5.41) is 8.25. The molecule has 1 saturated heterocycles. The molecule has 2 nitrogen and oxygen atoms in total. The van der Waals surface area contributed by atoms with E-state index in [1.54, 1.807) is 11.1 Å². The largest absolute Gasteiger partial charge is 0.381 e. The van der Waals surface area contributed by atoms with Crippen molar-refractivity contribution in [1.29, 1.82) is 0 Å². The molecule has 2 unspecified atom stereocenters. The Labute approximate surface area is 88.3 Å². The zero-order valence-electron chi connectivity index (χ0n) is 8.16. The Morgan fingerprint density at radius 3 is 3.43 bits per heavy atom. The van der Waals surface area contributed by atoms with E-state index < -0.39 is 0 Å². The van der Waals surface area contributed by atoms with Gasteiger partial charge in [-0.2, -0.15) is 11.3 Å². The normalized spacial score (nSPS) is 31.7. The van der Waals surface area contributed by atoms with Gasteiger partial charge in [0.05, 0.1) is 6.61 Å². The summed E-state index contributed by atoms with van der Waals surface area (Å²) in [4.78, 5) is 0. The van der Waals surface area contributed by atoms with E-state index in [1.807, 2.05) is 11.3 Å². The minimum absolute atomic E-state index is 0.604. The average molecular weight is 209 g/mol. The molecule has 76 valence electrons. The lowest BCUT2D eigenvalue weighted by Gasteiger charge is -2.30. The number of nitrogens with one attached hydrogen (secondary N) is 1. The van der Waals surface area contributed by atoms with Crippen LogP contribution in [0.1, 0.15) is 23.5 Å². The minimum Gasteiger partial charge on any atom is -0.381 e. The van der Waals surface area contributed by atoms with Crippen molar-refractivity contribution >= 4 is 11.3 Å². The standard InChI is InChI=1S/C11H15NOS/c1-3-12-11-2-4-13-5-9(11)10-7-14-6-8(1)10/h6-7,9,11-12H,1-5H2. The molecule has 0 radical (unpaired) electrons. The van der Waals surface area contributed by atoms with E-state index in [4.69, 9.17) is 4.74 Å². The molecular weight excluding hydrogens is 194 g/mol. The molecule has 0 saturated carbocycles. The molecule has 2 atom stereocenters. The molecule has 2 aliphatic rings. The highest BCUT2D eigenvalue weighted by molar-refractivity contribution is 7.08. The first kappa shape index (κ1) is 8.89. The number of rotatable bonds is 0. The smallest absolute Gasteiger partial charge is 0.0550 e. The van der Waals surface area contributed by atoms with E-state index in [9.17, 15) is 0 Å². The third kappa shape index (κ3) is 1.40. The molecule has 1 aromatic rings. The molecule has 0 aromatic carbocycles. The van der Waals surface area contributed by atoms with E-state index in [-0.39, 0.29) is 0 Å². The zero-order valence-corrected chi connectivity index (χ0v) is 8.98. The number of hydrogen-bond donors (Lipinski definition) is 1. The molecule has 0 amide bonds. The highest BCUT2D eigenvalue weighted by Gasteiger charge is 2.30. The molecule has 3 heterocycles. The third-order valence-electron chi connectivity index (χ3n) is 3.33. The lowest BCUT2D eigenvalue weighted by molar-refractivity contribution is 0.0615. The Morgan fingerprint density at radius 1 is 1.43 bits per heavy atom. The van der Waals surface area contributed by atoms with Crippen LogP contribution in [-0.2, 0) is 11.2 Å². The maximum Gasteiger partial charge on any atom is 0.0550 e. The SMILES string of the molecule is c1scc2c1CCNC1CCOCC21. The van der Waals surface area contributed by atoms with Crippen LogP contribution in [0.3, 0.4) is 0 Å². The van der Waals surface area contributed by atoms with E-state index in [0.29, 0.717) is 12.0 Å². The molecule has 3 rings (SSSR count). The van der Waals surface area contributed by atoms with Crippen molar-refractivity contribution in [2.75, 3.05) is 19.8 Å². The van der Waals surface area contributed by atoms with Crippen molar-refractivity contribution in [3.05, 3.63) is 21.9 Å². The van der Waals surface area contributed by atoms with Gasteiger partial charge < -0.3 is 10.1 Å². The van der Waals surface area contributed by atoms with Crippen molar-refractivity contribution < 1.29 is 4.74 Å². The molecule has 1 N–H and O–H groups in total. The van der Waals surface area contributed by atoms with Gasteiger partial charge >= 0.3 is 0 Å². The molecule has 1 fully saturated rings. The van der Waals surface area contributed by atoms with Gasteiger partial charge in [-0.05, 0) is 41.3 Å². The van der Waals surface area contributed by atoms with Gasteiger partial charge in [0.25, 0.3) is 0 Å². The second-order valence-electron chi connectivity index (χ2n) is 4.13. The topological polar surface area (TPSA) is 21.3 Å². The predicted octanol–water partition coefficient (Wildman–Crippen LogP) is 1.77. The highest BCUT2D eigenvalue weighted by Crippen LogP contribution is 2.32. The van der Waals surface area contributed by atoms with Gasteiger partial charge in [-0.15, -0.1) is 0 Å². The fourth-order valence-electron chi connectivity index (χ4n) is 2.54. The Bertz CT molecular complexity index is 323. The summed E-state index contributed by atoms with van der Waals surface area (Å²) >= 11 is 1.84. The lowest BCUT2D eigenvalue weighted by atomic mass is 9.89. The van der Waals surface area contributed by atoms with Crippen LogP contribution in [0.2, 0.25) is 0 Å². The van der Waals surface area contributed by atoms with Crippen LogP contribution in [0.5, 0.6) is 0 Å². The zero-order chi connectivity index (χ0) is 9.38. The molecule has 0 aliphatic carbocycles. The summed E-state index contributed by atoms with van der Waals surface area (Å²) in [6.07, 6.45) is 2.35. The van der Waals surface area contributed by atoms with E-state index in [0.717, 1.165) is 19.8 Å². The van der Waals surface area contributed by atoms with Gasteiger partial charge in [-0.25, -0.2) is 0 Å². The maximum absolute atomic E-state index is 5.59. The third-order valence-corrected chi connectivity index (χ3v) is 4.14. The van der Waals surface area contributed by atoms with Crippen LogP contribution in [0.25, 0.3) is 0 Å². The molecule has 0 bridgehead atoms. The molecule has 1 aromatic heterocycles. The van der Waals surface area contributed by atoms with Crippen molar-refractivity contribution in [3.63, 3.8) is 0 Å². The van der Waals surface area contributed by atoms with Crippen LogP contribution in [-0.4, -0.2) is 25.8 Å². The monoisotopic (exact) mass is 209 g/mol. The first-order valence-corrected chi connectivity index (χ1v) is 6.25. The number of hydrogen-bond acceptors (Lipinski definition) is 3. The van der Waals surface area contributed by atoms with Crippen molar-refractivity contribution in [2.45, 2.75) is 24.8 Å². The van der Waals surface area contributed by atoms with Crippen LogP contribution >= 0.6 is 11.3 Å². The van der Waals surface area contributed by atoms with Gasteiger partial charge in [0.2, 0.25) is 0 Å². The van der Waals surface area contributed by atoms with Crippen molar-refractivity contribution in [2.24, 2.45) is 0 Å². The molecule has 2 aliphatic heterocycles. The lowest BCUT2D eigenvalue weighted by Crippen LogP contribution is -2.40. The summed E-state index contributed by atoms with van der Waals surface area (Å²) in [6, 6.07) is 0.652. The van der Waals surface area contributed by atoms with Gasteiger partial charge in [-0.1, -0.05) is 0 Å². The van der Waals surface area contributed by atoms with E-state index in [2.05, 4.69) is 16.1 Å². The van der Waals surface area contributed by atoms with Crippen LogP contribution in [0.15, 0.2) is 10.8 Å². The van der Waals surface area contributed by atoms with Crippen LogP contribution in [0.4, 0.5) is 0 Å². The van der Waals surface area contributed by atoms with Gasteiger partial charge in [0.15, 0.2) is 0 Å². The fourth-order valence-corrected chi connectivity index (χ4v) is 3.50. The first-order chi connectivity index (χ1) is 6.95. The Hall–Kier alpha value is -0.380. The van der Waals surface area contributed by atoms with Crippen molar-refractivity contribution in [3.8, 4) is 0 Å². The van der Waals surface area contributed by atoms with Gasteiger partial charge in [0.1, 0.15) is 0 Å². The van der Waals surface area contributed by atoms with Crippen molar-refractivity contribution in [1.82, 2.24) is 5.32 Å². The van der Waals surface area contributed by atoms with Crippen LogP contribution in [0, 0.1) is 0 Å². The van der Waals surface area contributed by atoms with Crippen LogP contribution < -0.4 is 5.32 Å². The molecule has 14 heavy (non-hydrogen) atoms. The van der Waals surface area contributed by atoms with E-state index >= 15 is 0 Å². The Kier molecular flexibility index (Phi) is 2.32. The number of fused-ring (bicyclic) bond motifs is 3. The second-order valence-corrected chi connectivity index (χ2v) is 4.88. The van der Waals surface area contributed by atoms with Gasteiger partial charge in [-0.3, -0.25) is 0 Å². The molecular formula is C11H15NOS. The summed E-state index contributed by atoms with van der Waals surface area (Å²) in [5.74, 6) is 0.604. The average Bonchev–Trinajstić information content (AvgIpc) is 2.61. The minimum atomic E-state index is 0.604. The maximum atomic E-state index is 5.59. The number of ether oxygens (including phenoxy) is 1. The highest BCUT2D eigenvalue weighted by atomic mass is 32.1. The summed E-state index contributed by atoms with van der Waals surface area (Å²) in [5.41, 5.74) is 3.09. The van der Waals surface area contributed by atoms with Gasteiger partial charge in [0, 0.05) is 18.6 Å². The van der Waals surface area contributed by atoms with E-state index in [1.165, 1.54) is 12.8 Å². The summed E-state index contributed by atoms with van der Waals surface area (Å²) in [7, 11) is 0. The molecule has 0 spiro atoms. The number of thiophene rings is 1. The second kappa shape index (κ2) is 3.65.